The molecule has 1 aromatic rings. The van der Waals surface area contributed by atoms with Crippen LogP contribution in [-0.4, -0.2) is 54.7 Å². The number of nitrogens with one attached hydrogen (secondary N) is 3. The molecule has 29 heavy (non-hydrogen) atoms. The van der Waals surface area contributed by atoms with Gasteiger partial charge in [0.2, 0.25) is 11.8 Å². The van der Waals surface area contributed by atoms with E-state index >= 15 is 0 Å². The predicted molar refractivity (Wildman–Crippen MR) is 109 cm³/mol. The van der Waals surface area contributed by atoms with Gasteiger partial charge >= 0.3 is 0 Å². The Morgan fingerprint density at radius 1 is 1.00 bits per heavy atom. The molecule has 1 fully saturated rings. The van der Waals surface area contributed by atoms with Crippen molar-refractivity contribution in [3.63, 3.8) is 0 Å². The van der Waals surface area contributed by atoms with E-state index in [9.17, 15) is 19.2 Å². The van der Waals surface area contributed by atoms with Gasteiger partial charge in [-0.3, -0.25) is 29.4 Å². The minimum absolute atomic E-state index is 0.114. The van der Waals surface area contributed by atoms with Gasteiger partial charge in [-0.2, -0.15) is 0 Å². The number of amides is 4. The van der Waals surface area contributed by atoms with Gasteiger partial charge in [-0.15, -0.1) is 0 Å². The summed E-state index contributed by atoms with van der Waals surface area (Å²) in [5.41, 5.74) is 1.24. The molecule has 2 aliphatic heterocycles. The molecular formula is C21H28N4O4. The van der Waals surface area contributed by atoms with Crippen LogP contribution < -0.4 is 16.0 Å². The number of hydrogen-bond acceptors (Lipinski definition) is 6. The third kappa shape index (κ3) is 4.64. The summed E-state index contributed by atoms with van der Waals surface area (Å²) in [5, 5.41) is 8.62. The van der Waals surface area contributed by atoms with Gasteiger partial charge in [-0.1, -0.05) is 25.3 Å². The van der Waals surface area contributed by atoms with E-state index in [4.69, 9.17) is 0 Å². The summed E-state index contributed by atoms with van der Waals surface area (Å²) >= 11 is 0. The average Bonchev–Trinajstić information content (AvgIpc) is 2.95. The van der Waals surface area contributed by atoms with E-state index in [0.29, 0.717) is 23.4 Å². The van der Waals surface area contributed by atoms with Crippen molar-refractivity contribution in [2.75, 3.05) is 25.5 Å². The van der Waals surface area contributed by atoms with Gasteiger partial charge in [0.1, 0.15) is 6.04 Å². The van der Waals surface area contributed by atoms with E-state index in [0.717, 1.165) is 30.7 Å². The second kappa shape index (κ2) is 9.65. The molecule has 0 bridgehead atoms. The Hall–Kier alpha value is -2.74. The molecule has 8 heteroatoms. The topological polar surface area (TPSA) is 108 Å². The third-order valence-corrected chi connectivity index (χ3v) is 5.39. The Morgan fingerprint density at radius 3 is 2.45 bits per heavy atom. The average molecular weight is 400 g/mol. The smallest absolute Gasteiger partial charge is 0.264 e. The molecule has 8 nitrogen and oxygen atoms in total. The molecule has 1 atom stereocenters. The lowest BCUT2D eigenvalue weighted by Gasteiger charge is -2.27. The monoisotopic (exact) mass is 400 g/mol. The number of benzene rings is 1. The lowest BCUT2D eigenvalue weighted by Crippen LogP contribution is -2.54. The number of hydrogen-bond donors (Lipinski definition) is 3. The van der Waals surface area contributed by atoms with E-state index < -0.39 is 23.8 Å². The zero-order valence-electron chi connectivity index (χ0n) is 16.8. The Morgan fingerprint density at radius 2 is 1.72 bits per heavy atom. The highest BCUT2D eigenvalue weighted by Gasteiger charge is 2.45. The first-order chi connectivity index (χ1) is 14.0. The van der Waals surface area contributed by atoms with E-state index in [1.807, 2.05) is 7.05 Å². The van der Waals surface area contributed by atoms with Gasteiger partial charge in [0.05, 0.1) is 11.1 Å². The van der Waals surface area contributed by atoms with Crippen LogP contribution in [-0.2, 0) is 9.59 Å². The molecule has 156 valence electrons. The molecule has 2 heterocycles. The number of carbonyl (C=O) groups is 4. The van der Waals surface area contributed by atoms with Crippen LogP contribution in [0.5, 0.6) is 0 Å². The van der Waals surface area contributed by atoms with Crippen LogP contribution in [0.3, 0.4) is 0 Å². The summed E-state index contributed by atoms with van der Waals surface area (Å²) < 4.78 is 0. The van der Waals surface area contributed by atoms with E-state index in [-0.39, 0.29) is 18.7 Å². The van der Waals surface area contributed by atoms with Crippen LogP contribution in [0.15, 0.2) is 18.2 Å². The van der Waals surface area contributed by atoms with Gasteiger partial charge in [0.15, 0.2) is 0 Å². The van der Waals surface area contributed by atoms with Gasteiger partial charge in [0.25, 0.3) is 11.8 Å². The number of piperidine rings is 1. The van der Waals surface area contributed by atoms with Gasteiger partial charge in [-0.25, -0.2) is 0 Å². The van der Waals surface area contributed by atoms with Gasteiger partial charge in [0, 0.05) is 18.7 Å². The zero-order chi connectivity index (χ0) is 20.8. The molecule has 2 aliphatic rings. The molecule has 1 unspecified atom stereocenters. The molecule has 1 aromatic carbocycles. The summed E-state index contributed by atoms with van der Waals surface area (Å²) in [7, 11) is 1.95. The largest absolute Gasteiger partial charge is 0.384 e. The summed E-state index contributed by atoms with van der Waals surface area (Å²) in [6, 6.07) is 4.18. The summed E-state index contributed by atoms with van der Waals surface area (Å²) in [4.78, 5) is 50.3. The summed E-state index contributed by atoms with van der Waals surface area (Å²) in [6.07, 6.45) is 5.87. The molecule has 4 amide bonds. The number of unbranched alkanes of at least 4 members (excludes halogenated alkanes) is 4. The van der Waals surface area contributed by atoms with Crippen molar-refractivity contribution in [2.24, 2.45) is 0 Å². The van der Waals surface area contributed by atoms with Gasteiger partial charge < -0.3 is 10.6 Å². The second-order valence-corrected chi connectivity index (χ2v) is 7.47. The van der Waals surface area contributed by atoms with Crippen LogP contribution >= 0.6 is 0 Å². The minimum atomic E-state index is -0.939. The van der Waals surface area contributed by atoms with Crippen LogP contribution in [0.1, 0.15) is 65.7 Å². The molecule has 0 radical (unpaired) electrons. The standard InChI is InChI=1S/C21H28N4O4/c1-22-12-5-3-2-4-6-13-23-15-9-7-8-14-18(15)21(29)25(20(14)28)16-10-11-17(26)24-19(16)27/h7-9,16,22-23H,2-6,10-13H2,1H3,(H,24,26,27). The highest BCUT2D eigenvalue weighted by Crippen LogP contribution is 2.32. The third-order valence-electron chi connectivity index (χ3n) is 5.39. The predicted octanol–water partition coefficient (Wildman–Crippen LogP) is 1.67. The summed E-state index contributed by atoms with van der Waals surface area (Å²) in [5.74, 6) is -1.93. The van der Waals surface area contributed by atoms with Crippen LogP contribution in [0, 0.1) is 0 Å². The molecule has 3 N–H and O–H groups in total. The first-order valence-electron chi connectivity index (χ1n) is 10.3. The van der Waals surface area contributed by atoms with E-state index in [1.54, 1.807) is 18.2 Å². The highest BCUT2D eigenvalue weighted by molar-refractivity contribution is 6.25. The minimum Gasteiger partial charge on any atom is -0.384 e. The van der Waals surface area contributed by atoms with Crippen LogP contribution in [0.25, 0.3) is 0 Å². The number of nitrogens with zero attached hydrogens (tertiary/aromatic N) is 1. The lowest BCUT2D eigenvalue weighted by atomic mass is 10.0. The molecule has 3 rings (SSSR count). The maximum absolute atomic E-state index is 13.0. The highest BCUT2D eigenvalue weighted by atomic mass is 16.2. The van der Waals surface area contributed by atoms with Crippen molar-refractivity contribution < 1.29 is 19.2 Å². The quantitative estimate of drug-likeness (QED) is 0.407. The number of anilines is 1. The van der Waals surface area contributed by atoms with Crippen molar-refractivity contribution in [2.45, 2.75) is 51.0 Å². The number of carbonyl (C=O) groups excluding carboxylic acids is 4. The van der Waals surface area contributed by atoms with Crippen molar-refractivity contribution in [1.29, 1.82) is 0 Å². The Balaban J connectivity index is 1.61. The Labute approximate surface area is 170 Å². The van der Waals surface area contributed by atoms with Crippen LogP contribution in [0.4, 0.5) is 5.69 Å². The fourth-order valence-electron chi connectivity index (χ4n) is 3.84. The molecule has 0 aromatic heterocycles. The van der Waals surface area contributed by atoms with Crippen molar-refractivity contribution in [1.82, 2.24) is 15.5 Å². The van der Waals surface area contributed by atoms with E-state index in [1.165, 1.54) is 12.8 Å². The second-order valence-electron chi connectivity index (χ2n) is 7.47. The number of rotatable bonds is 10. The van der Waals surface area contributed by atoms with Crippen molar-refractivity contribution in [3.8, 4) is 0 Å². The molecule has 0 spiro atoms. The zero-order valence-corrected chi connectivity index (χ0v) is 16.8. The SMILES string of the molecule is CNCCCCCCCNc1cccc2c1C(=O)N(C1CCC(=O)NC1=O)C2=O. The molecule has 1 saturated heterocycles. The van der Waals surface area contributed by atoms with Crippen molar-refractivity contribution in [3.05, 3.63) is 29.3 Å². The molecule has 0 aliphatic carbocycles. The maximum Gasteiger partial charge on any atom is 0.264 e. The van der Waals surface area contributed by atoms with Crippen LogP contribution in [0.2, 0.25) is 0 Å². The Kier molecular flexibility index (Phi) is 6.98. The first-order valence-corrected chi connectivity index (χ1v) is 10.3. The lowest BCUT2D eigenvalue weighted by molar-refractivity contribution is -0.136. The van der Waals surface area contributed by atoms with E-state index in [2.05, 4.69) is 16.0 Å². The Bertz CT molecular complexity index is 808. The van der Waals surface area contributed by atoms with Crippen molar-refractivity contribution >= 4 is 29.3 Å². The van der Waals surface area contributed by atoms with Gasteiger partial charge in [-0.05, 0) is 45.0 Å². The number of fused-ring (bicyclic) bond motifs is 1. The maximum atomic E-state index is 13.0. The molecule has 0 saturated carbocycles. The number of imide groups is 2. The molecular weight excluding hydrogens is 372 g/mol. The summed E-state index contributed by atoms with van der Waals surface area (Å²) in [6.45, 7) is 1.75. The first kappa shape index (κ1) is 21.0. The normalized spacial score (nSPS) is 18.8. The fraction of sp³-hybridized carbons (Fsp3) is 0.524. The fourth-order valence-corrected chi connectivity index (χ4v) is 3.84.